The van der Waals surface area contributed by atoms with Gasteiger partial charge in [-0.25, -0.2) is 14.8 Å². The van der Waals surface area contributed by atoms with Crippen molar-refractivity contribution in [2.75, 3.05) is 4.90 Å². The van der Waals surface area contributed by atoms with Crippen molar-refractivity contribution in [1.82, 2.24) is 9.97 Å². The van der Waals surface area contributed by atoms with Crippen molar-refractivity contribution in [2.45, 2.75) is 32.4 Å². The molecule has 0 bridgehead atoms. The van der Waals surface area contributed by atoms with Crippen LogP contribution >= 0.6 is 0 Å². The van der Waals surface area contributed by atoms with Crippen LogP contribution in [0.15, 0.2) is 29.0 Å². The molecule has 1 N–H and O–H groups in total. The maximum Gasteiger partial charge on any atom is 0.339 e. The number of aromatic carboxylic acids is 1. The van der Waals surface area contributed by atoms with Crippen LogP contribution in [0.2, 0.25) is 0 Å². The monoisotopic (exact) mass is 273 g/mol. The van der Waals surface area contributed by atoms with Gasteiger partial charge in [0.2, 0.25) is 5.95 Å². The summed E-state index contributed by atoms with van der Waals surface area (Å²) in [7, 11) is 0. The third-order valence-electron chi connectivity index (χ3n) is 3.35. The molecule has 0 aliphatic heterocycles. The van der Waals surface area contributed by atoms with E-state index in [4.69, 9.17) is 9.52 Å². The first kappa shape index (κ1) is 12.7. The molecule has 6 nitrogen and oxygen atoms in total. The topological polar surface area (TPSA) is 79.5 Å². The van der Waals surface area contributed by atoms with Crippen molar-refractivity contribution in [3.63, 3.8) is 0 Å². The molecule has 0 saturated heterocycles. The van der Waals surface area contributed by atoms with Crippen LogP contribution in [0, 0.1) is 6.92 Å². The van der Waals surface area contributed by atoms with Crippen LogP contribution in [0.5, 0.6) is 0 Å². The number of aryl methyl sites for hydroxylation is 1. The van der Waals surface area contributed by atoms with Gasteiger partial charge >= 0.3 is 5.97 Å². The number of aromatic nitrogens is 2. The van der Waals surface area contributed by atoms with Gasteiger partial charge in [-0.1, -0.05) is 0 Å². The molecule has 0 spiro atoms. The smallest absolute Gasteiger partial charge is 0.339 e. The van der Waals surface area contributed by atoms with E-state index in [0.29, 0.717) is 24.2 Å². The summed E-state index contributed by atoms with van der Waals surface area (Å²) >= 11 is 0. The minimum absolute atomic E-state index is 0.141. The Labute approximate surface area is 116 Å². The van der Waals surface area contributed by atoms with Crippen LogP contribution in [-0.2, 0) is 6.54 Å². The Balaban J connectivity index is 1.88. The quantitative estimate of drug-likeness (QED) is 0.900. The number of rotatable bonds is 5. The Morgan fingerprint density at radius 3 is 2.90 bits per heavy atom. The van der Waals surface area contributed by atoms with Crippen LogP contribution in [0.25, 0.3) is 0 Å². The molecule has 1 saturated carbocycles. The molecule has 0 aromatic carbocycles. The molecule has 1 aliphatic carbocycles. The zero-order valence-corrected chi connectivity index (χ0v) is 11.1. The molecular formula is C14H15N3O3. The maximum absolute atomic E-state index is 11.0. The largest absolute Gasteiger partial charge is 0.478 e. The molecule has 104 valence electrons. The number of carboxylic acids is 1. The lowest BCUT2D eigenvalue weighted by Gasteiger charge is -2.21. The van der Waals surface area contributed by atoms with E-state index in [1.54, 1.807) is 13.2 Å². The summed E-state index contributed by atoms with van der Waals surface area (Å²) in [6, 6.07) is 4.17. The number of furan rings is 1. The number of carboxylic acid groups (broad SMARTS) is 1. The number of nitrogens with zero attached hydrogens (tertiary/aromatic N) is 3. The average molecular weight is 273 g/mol. The van der Waals surface area contributed by atoms with E-state index in [-0.39, 0.29) is 5.56 Å². The Kier molecular flexibility index (Phi) is 3.14. The minimum atomic E-state index is -1.00. The zero-order valence-electron chi connectivity index (χ0n) is 11.1. The Morgan fingerprint density at radius 1 is 1.55 bits per heavy atom. The lowest BCUT2D eigenvalue weighted by molar-refractivity contribution is 0.0695. The highest BCUT2D eigenvalue weighted by molar-refractivity contribution is 5.88. The summed E-state index contributed by atoms with van der Waals surface area (Å²) < 4.78 is 5.36. The number of hydrogen-bond acceptors (Lipinski definition) is 5. The van der Waals surface area contributed by atoms with Crippen molar-refractivity contribution in [1.29, 1.82) is 0 Å². The molecule has 0 unspecified atom stereocenters. The predicted molar refractivity (Wildman–Crippen MR) is 71.6 cm³/mol. The SMILES string of the molecule is Cc1nc(N(Cc2ccco2)C2CC2)ncc1C(=O)O. The molecule has 1 aliphatic rings. The first-order valence-corrected chi connectivity index (χ1v) is 6.51. The summed E-state index contributed by atoms with van der Waals surface area (Å²) in [5.41, 5.74) is 0.620. The van der Waals surface area contributed by atoms with Gasteiger partial charge < -0.3 is 14.4 Å². The van der Waals surface area contributed by atoms with Gasteiger partial charge in [-0.2, -0.15) is 0 Å². The molecule has 3 rings (SSSR count). The molecule has 2 aromatic heterocycles. The van der Waals surface area contributed by atoms with Crippen LogP contribution in [-0.4, -0.2) is 27.1 Å². The summed E-state index contributed by atoms with van der Waals surface area (Å²) in [6.45, 7) is 2.29. The fourth-order valence-corrected chi connectivity index (χ4v) is 2.12. The first-order chi connectivity index (χ1) is 9.65. The number of anilines is 1. The molecule has 0 amide bonds. The average Bonchev–Trinajstić information content (AvgIpc) is 3.12. The van der Waals surface area contributed by atoms with Crippen LogP contribution in [0.4, 0.5) is 5.95 Å². The summed E-state index contributed by atoms with van der Waals surface area (Å²) in [6.07, 6.45) is 5.21. The lowest BCUT2D eigenvalue weighted by atomic mass is 10.2. The van der Waals surface area contributed by atoms with E-state index < -0.39 is 5.97 Å². The van der Waals surface area contributed by atoms with Gasteiger partial charge in [0.25, 0.3) is 0 Å². The van der Waals surface area contributed by atoms with E-state index in [1.807, 2.05) is 12.1 Å². The van der Waals surface area contributed by atoms with E-state index in [9.17, 15) is 4.79 Å². The standard InChI is InChI=1S/C14H15N3O3/c1-9-12(13(18)19)7-15-14(16-9)17(10-4-5-10)8-11-3-2-6-20-11/h2-3,6-7,10H,4-5,8H2,1H3,(H,18,19). The van der Waals surface area contributed by atoms with Gasteiger partial charge in [-0.05, 0) is 31.9 Å². The number of hydrogen-bond donors (Lipinski definition) is 1. The zero-order chi connectivity index (χ0) is 14.1. The van der Waals surface area contributed by atoms with Crippen molar-refractivity contribution >= 4 is 11.9 Å². The summed E-state index contributed by atoms with van der Waals surface area (Å²) in [5, 5.41) is 9.02. The van der Waals surface area contributed by atoms with Gasteiger partial charge in [0.05, 0.1) is 24.1 Å². The Bertz CT molecular complexity index is 621. The second-order valence-electron chi connectivity index (χ2n) is 4.91. The summed E-state index contributed by atoms with van der Waals surface area (Å²) in [5.74, 6) is 0.407. The third-order valence-corrected chi connectivity index (χ3v) is 3.35. The van der Waals surface area contributed by atoms with Gasteiger partial charge in [0, 0.05) is 12.2 Å². The van der Waals surface area contributed by atoms with Crippen molar-refractivity contribution < 1.29 is 14.3 Å². The van der Waals surface area contributed by atoms with Crippen molar-refractivity contribution in [3.8, 4) is 0 Å². The molecule has 0 radical (unpaired) electrons. The first-order valence-electron chi connectivity index (χ1n) is 6.51. The highest BCUT2D eigenvalue weighted by Crippen LogP contribution is 2.31. The Morgan fingerprint density at radius 2 is 2.35 bits per heavy atom. The highest BCUT2D eigenvalue weighted by Gasteiger charge is 2.31. The molecule has 2 aromatic rings. The minimum Gasteiger partial charge on any atom is -0.478 e. The van der Waals surface area contributed by atoms with Gasteiger partial charge in [0.15, 0.2) is 0 Å². The fourth-order valence-electron chi connectivity index (χ4n) is 2.12. The van der Waals surface area contributed by atoms with Crippen LogP contribution < -0.4 is 4.90 Å². The maximum atomic E-state index is 11.0. The molecular weight excluding hydrogens is 258 g/mol. The van der Waals surface area contributed by atoms with Gasteiger partial charge in [-0.3, -0.25) is 0 Å². The molecule has 1 fully saturated rings. The van der Waals surface area contributed by atoms with Crippen LogP contribution in [0.1, 0.15) is 34.7 Å². The van der Waals surface area contributed by atoms with E-state index in [0.717, 1.165) is 18.6 Å². The fraction of sp³-hybridized carbons (Fsp3) is 0.357. The van der Waals surface area contributed by atoms with Crippen molar-refractivity contribution in [2.24, 2.45) is 0 Å². The molecule has 0 atom stereocenters. The van der Waals surface area contributed by atoms with E-state index >= 15 is 0 Å². The predicted octanol–water partition coefficient (Wildman–Crippen LogP) is 2.25. The third kappa shape index (κ3) is 2.49. The second kappa shape index (κ2) is 4.96. The van der Waals surface area contributed by atoms with E-state index in [2.05, 4.69) is 14.9 Å². The second-order valence-corrected chi connectivity index (χ2v) is 4.91. The molecule has 20 heavy (non-hydrogen) atoms. The van der Waals surface area contributed by atoms with Crippen molar-refractivity contribution in [3.05, 3.63) is 41.6 Å². The van der Waals surface area contributed by atoms with Gasteiger partial charge in [-0.15, -0.1) is 0 Å². The highest BCUT2D eigenvalue weighted by atomic mass is 16.4. The van der Waals surface area contributed by atoms with Crippen LogP contribution in [0.3, 0.4) is 0 Å². The molecule has 6 heteroatoms. The normalized spacial score (nSPS) is 14.2. The molecule has 2 heterocycles. The Hall–Kier alpha value is -2.37. The summed E-state index contributed by atoms with van der Waals surface area (Å²) in [4.78, 5) is 21.6. The lowest BCUT2D eigenvalue weighted by Crippen LogP contribution is -2.27. The number of carbonyl (C=O) groups is 1. The van der Waals surface area contributed by atoms with E-state index in [1.165, 1.54) is 6.20 Å². The van der Waals surface area contributed by atoms with Gasteiger partial charge in [0.1, 0.15) is 5.76 Å².